The number of aliphatic hydroxyl groups is 1. The summed E-state index contributed by atoms with van der Waals surface area (Å²) in [6.45, 7) is 3.59. The van der Waals surface area contributed by atoms with Gasteiger partial charge in [0, 0.05) is 33.8 Å². The molecule has 2 N–H and O–H groups in total. The molecular formula is C17H18N2O3S2. The minimum Gasteiger partial charge on any atom is -0.451 e. The number of nitrogens with zero attached hydrogens (tertiary/aromatic N) is 1. The Morgan fingerprint density at radius 2 is 2.25 bits per heavy atom. The smallest absolute Gasteiger partial charge is 0.287 e. The zero-order chi connectivity index (χ0) is 17.1. The van der Waals surface area contributed by atoms with Crippen LogP contribution in [0.2, 0.25) is 0 Å². The van der Waals surface area contributed by atoms with Gasteiger partial charge in [0.15, 0.2) is 5.76 Å². The molecular weight excluding hydrogens is 344 g/mol. The van der Waals surface area contributed by atoms with Gasteiger partial charge in [-0.15, -0.1) is 11.3 Å². The maximum atomic E-state index is 12.5. The number of aliphatic hydroxyl groups excluding tert-OH is 1. The van der Waals surface area contributed by atoms with Crippen LogP contribution in [-0.4, -0.2) is 28.6 Å². The summed E-state index contributed by atoms with van der Waals surface area (Å²) in [5, 5.41) is 14.8. The van der Waals surface area contributed by atoms with Gasteiger partial charge in [0.1, 0.15) is 9.92 Å². The van der Waals surface area contributed by atoms with Crippen molar-refractivity contribution in [3.63, 3.8) is 0 Å². The van der Waals surface area contributed by atoms with Gasteiger partial charge in [0.25, 0.3) is 5.91 Å². The summed E-state index contributed by atoms with van der Waals surface area (Å²) in [4.78, 5) is 16.9. The first-order valence-electron chi connectivity index (χ1n) is 7.55. The Morgan fingerprint density at radius 1 is 1.46 bits per heavy atom. The largest absolute Gasteiger partial charge is 0.451 e. The molecule has 2 heterocycles. The van der Waals surface area contributed by atoms with Crippen molar-refractivity contribution < 1.29 is 14.3 Å². The first-order chi connectivity index (χ1) is 11.6. The Bertz CT molecular complexity index is 857. The van der Waals surface area contributed by atoms with E-state index in [2.05, 4.69) is 10.3 Å². The molecule has 0 saturated heterocycles. The fourth-order valence-corrected chi connectivity index (χ4v) is 4.17. The molecule has 0 spiro atoms. The number of carbonyl (C=O) groups excluding carboxylic acids is 1. The summed E-state index contributed by atoms with van der Waals surface area (Å²) in [6.07, 6.45) is 0. The summed E-state index contributed by atoms with van der Waals surface area (Å²) < 4.78 is 6.74. The lowest BCUT2D eigenvalue weighted by Gasteiger charge is -2.10. The van der Waals surface area contributed by atoms with Gasteiger partial charge in [0.2, 0.25) is 0 Å². The first-order valence-corrected chi connectivity index (χ1v) is 9.42. The van der Waals surface area contributed by atoms with Crippen LogP contribution in [0.5, 0.6) is 0 Å². The number of thiazole rings is 1. The van der Waals surface area contributed by atoms with Gasteiger partial charge >= 0.3 is 0 Å². The number of nitrogens with one attached hydrogen (secondary N) is 1. The van der Waals surface area contributed by atoms with Crippen molar-refractivity contribution >= 4 is 40.0 Å². The molecule has 1 aromatic carbocycles. The number of thioether (sulfide) groups is 1. The predicted octanol–water partition coefficient (Wildman–Crippen LogP) is 3.60. The number of furan rings is 1. The van der Waals surface area contributed by atoms with E-state index in [1.807, 2.05) is 36.6 Å². The Morgan fingerprint density at radius 3 is 2.96 bits per heavy atom. The number of benzene rings is 1. The van der Waals surface area contributed by atoms with E-state index in [0.29, 0.717) is 17.1 Å². The predicted molar refractivity (Wildman–Crippen MR) is 96.6 cm³/mol. The van der Waals surface area contributed by atoms with Crippen molar-refractivity contribution in [1.29, 1.82) is 0 Å². The number of aromatic nitrogens is 1. The minimum absolute atomic E-state index is 0.117. The average molecular weight is 362 g/mol. The fraction of sp³-hybridized carbons (Fsp3) is 0.294. The molecule has 0 bridgehead atoms. The highest BCUT2D eigenvalue weighted by atomic mass is 32.2. The van der Waals surface area contributed by atoms with Crippen LogP contribution in [0.1, 0.15) is 28.7 Å². The van der Waals surface area contributed by atoms with E-state index in [1.165, 1.54) is 0 Å². The molecule has 0 aliphatic rings. The lowest BCUT2D eigenvalue weighted by molar-refractivity contribution is 0.0895. The molecule has 1 unspecified atom stereocenters. The van der Waals surface area contributed by atoms with E-state index < -0.39 is 0 Å². The molecule has 0 fully saturated rings. The molecule has 2 aromatic heterocycles. The summed E-state index contributed by atoms with van der Waals surface area (Å²) in [5.74, 6) is 0.594. The number of carbonyl (C=O) groups is 1. The molecule has 3 rings (SSSR count). The highest BCUT2D eigenvalue weighted by Gasteiger charge is 2.21. The lowest BCUT2D eigenvalue weighted by atomic mass is 10.1. The van der Waals surface area contributed by atoms with Crippen LogP contribution in [0.4, 0.5) is 0 Å². The normalized spacial score (nSPS) is 12.5. The van der Waals surface area contributed by atoms with Crippen molar-refractivity contribution in [2.75, 3.05) is 6.61 Å². The van der Waals surface area contributed by atoms with Crippen molar-refractivity contribution in [2.24, 2.45) is 0 Å². The zero-order valence-corrected chi connectivity index (χ0v) is 15.0. The molecule has 0 radical (unpaired) electrons. The molecule has 1 amide bonds. The molecule has 1 atom stereocenters. The van der Waals surface area contributed by atoms with Gasteiger partial charge in [-0.2, -0.15) is 0 Å². The maximum absolute atomic E-state index is 12.5. The van der Waals surface area contributed by atoms with Crippen LogP contribution in [0, 0.1) is 6.92 Å². The van der Waals surface area contributed by atoms with Gasteiger partial charge in [0.05, 0.1) is 6.61 Å². The Hall–Kier alpha value is -1.83. The third kappa shape index (κ3) is 3.63. The maximum Gasteiger partial charge on any atom is 0.287 e. The van der Waals surface area contributed by atoms with Crippen molar-refractivity contribution in [2.45, 2.75) is 30.0 Å². The van der Waals surface area contributed by atoms with Crippen molar-refractivity contribution in [3.05, 3.63) is 46.7 Å². The average Bonchev–Trinajstić information content (AvgIpc) is 3.16. The molecule has 3 aromatic rings. The number of para-hydroxylation sites is 1. The second kappa shape index (κ2) is 7.38. The Balaban J connectivity index is 1.91. The molecule has 126 valence electrons. The van der Waals surface area contributed by atoms with E-state index in [1.54, 1.807) is 30.0 Å². The van der Waals surface area contributed by atoms with Gasteiger partial charge in [-0.3, -0.25) is 4.79 Å². The van der Waals surface area contributed by atoms with Crippen molar-refractivity contribution in [3.8, 4) is 0 Å². The van der Waals surface area contributed by atoms with Gasteiger partial charge in [-0.1, -0.05) is 30.0 Å². The quantitative estimate of drug-likeness (QED) is 0.655. The molecule has 0 aliphatic carbocycles. The number of aryl methyl sites for hydroxylation is 1. The van der Waals surface area contributed by atoms with Crippen molar-refractivity contribution in [1.82, 2.24) is 10.3 Å². The minimum atomic E-state index is -0.326. The second-order valence-corrected chi connectivity index (χ2v) is 7.59. The SMILES string of the molecule is Cc1csc(SCc2c(C(=O)NC(C)CO)oc3ccccc23)n1. The zero-order valence-electron chi connectivity index (χ0n) is 13.4. The third-order valence-corrected chi connectivity index (χ3v) is 5.66. The molecule has 0 aliphatic heterocycles. The van der Waals surface area contributed by atoms with E-state index >= 15 is 0 Å². The van der Waals surface area contributed by atoms with Crippen LogP contribution in [0.25, 0.3) is 11.0 Å². The Labute approximate surface area is 148 Å². The van der Waals surface area contributed by atoms with Crippen LogP contribution >= 0.6 is 23.1 Å². The highest BCUT2D eigenvalue weighted by Crippen LogP contribution is 2.33. The first kappa shape index (κ1) is 17.0. The Kier molecular flexibility index (Phi) is 5.23. The van der Waals surface area contributed by atoms with Crippen LogP contribution in [0.3, 0.4) is 0 Å². The van der Waals surface area contributed by atoms with E-state index in [0.717, 1.165) is 21.0 Å². The topological polar surface area (TPSA) is 75.4 Å². The fourth-order valence-electron chi connectivity index (χ4n) is 2.29. The summed E-state index contributed by atoms with van der Waals surface area (Å²) in [5.41, 5.74) is 2.53. The monoisotopic (exact) mass is 362 g/mol. The molecule has 0 saturated carbocycles. The highest BCUT2D eigenvalue weighted by molar-refractivity contribution is 8.00. The summed E-state index contributed by atoms with van der Waals surface area (Å²) in [7, 11) is 0. The van der Waals surface area contributed by atoms with E-state index in [4.69, 9.17) is 9.52 Å². The summed E-state index contributed by atoms with van der Waals surface area (Å²) >= 11 is 3.18. The molecule has 5 nitrogen and oxygen atoms in total. The number of hydrogen-bond donors (Lipinski definition) is 2. The van der Waals surface area contributed by atoms with Gasteiger partial charge in [-0.05, 0) is 19.9 Å². The van der Waals surface area contributed by atoms with E-state index in [-0.39, 0.29) is 18.6 Å². The number of amides is 1. The number of fused-ring (bicyclic) bond motifs is 1. The van der Waals surface area contributed by atoms with Crippen LogP contribution < -0.4 is 5.32 Å². The summed E-state index contributed by atoms with van der Waals surface area (Å²) in [6, 6.07) is 7.28. The standard InChI is InChI=1S/C17H18N2O3S2/c1-10(7-20)18-16(21)15-13(9-24-17-19-11(2)8-23-17)12-5-3-4-6-14(12)22-15/h3-6,8,10,20H,7,9H2,1-2H3,(H,18,21). The van der Waals surface area contributed by atoms with Gasteiger partial charge < -0.3 is 14.8 Å². The molecule has 24 heavy (non-hydrogen) atoms. The van der Waals surface area contributed by atoms with Crippen LogP contribution in [-0.2, 0) is 5.75 Å². The lowest BCUT2D eigenvalue weighted by Crippen LogP contribution is -2.35. The van der Waals surface area contributed by atoms with E-state index in [9.17, 15) is 4.79 Å². The van der Waals surface area contributed by atoms with Crippen LogP contribution in [0.15, 0.2) is 38.4 Å². The molecule has 7 heteroatoms. The third-order valence-electron chi connectivity index (χ3n) is 3.49. The van der Waals surface area contributed by atoms with Gasteiger partial charge in [-0.25, -0.2) is 4.98 Å². The number of rotatable bonds is 6. The second-order valence-electron chi connectivity index (χ2n) is 5.51. The number of hydrogen-bond acceptors (Lipinski definition) is 6.